The van der Waals surface area contributed by atoms with Crippen molar-refractivity contribution in [2.24, 2.45) is 47.3 Å². The lowest BCUT2D eigenvalue weighted by molar-refractivity contribution is -0.182. The summed E-state index contributed by atoms with van der Waals surface area (Å²) in [4.78, 5) is 197. The van der Waals surface area contributed by atoms with Crippen molar-refractivity contribution in [2.75, 3.05) is 75.0 Å². The highest BCUT2D eigenvalue weighted by Gasteiger charge is 2.54. The highest BCUT2D eigenvalue weighted by molar-refractivity contribution is 6.21. The zero-order valence-electron chi connectivity index (χ0n) is 67.2. The van der Waals surface area contributed by atoms with Gasteiger partial charge in [-0.25, -0.2) is 0 Å². The fourth-order valence-electron chi connectivity index (χ4n) is 19.7. The van der Waals surface area contributed by atoms with Gasteiger partial charge in [-0.3, -0.25) is 57.5 Å². The zero-order valence-corrected chi connectivity index (χ0v) is 68.0. The van der Waals surface area contributed by atoms with E-state index < -0.39 is 173 Å². The predicted octanol–water partition coefficient (Wildman–Crippen LogP) is 8.82. The highest BCUT2D eigenvalue weighted by Crippen LogP contribution is 2.45. The maximum Gasteiger partial charge on any atom is 0.393 e. The van der Waals surface area contributed by atoms with Crippen molar-refractivity contribution in [1.29, 1.82) is 0 Å². The predicted molar refractivity (Wildman–Crippen MR) is 407 cm³/mol. The van der Waals surface area contributed by atoms with Crippen molar-refractivity contribution in [3.05, 3.63) is 0 Å². The standard InChI is InChI=1S/C81H130ClF3N12O12/c1-12-51(4)68-77(107)90(7)52(5)72(102)96-42-37-61(96)75(105)92(9)64(45-53-27-17-13-18-28-53)74(104)89(6)49-66(98)86-60(36-34-54-33-35-58(59(82)44-54)81(83,84)85)73(103)97-48-57(55-29-19-14-20-30-55)46-63(97)71(101)88-80(38-23-24-39-80)79(109)94(11)69(56-31-21-15-22-32-56)78(108)93(10)65(76(106)95-40-25-16-26-41-95)47-67(99)91(8)62(43-50(2)3)70(100)87-68/h50-65,68-69H,12-49H2,1-11H3,(H,86,98)(H,87,100)(H,88,101)/t51-,52-,54?,57-,58?,59?,60-,61-,62-,63-,64-,65-,68-,69-/m0/s1. The van der Waals surface area contributed by atoms with Crippen LogP contribution in [-0.2, 0) is 57.5 Å². The minimum absolute atomic E-state index is 0.00867. The van der Waals surface area contributed by atoms with Crippen molar-refractivity contribution in [3.8, 4) is 0 Å². The number of likely N-dealkylation sites (N-methyl/N-ethyl adjacent to an activating group) is 6. The number of likely N-dealkylation sites (tertiary alicyclic amines) is 1. The lowest BCUT2D eigenvalue weighted by Gasteiger charge is -2.45. The summed E-state index contributed by atoms with van der Waals surface area (Å²) in [6.07, 6.45) is 12.7. The van der Waals surface area contributed by atoms with Gasteiger partial charge in [0, 0.05) is 73.8 Å². The molecule has 614 valence electrons. The first kappa shape index (κ1) is 86.7. The third kappa shape index (κ3) is 20.8. The van der Waals surface area contributed by atoms with Gasteiger partial charge in [-0.2, -0.15) is 13.2 Å². The SMILES string of the molecule is CC[C@H](C)[C@@H]1NC(=O)[C@H](CC(C)C)N(C)C(=O)C[C@@H](C(=O)N2CCCCC2)N(C)C(=O)[C@H](C2CCCCC2)N(C)C(=O)C2(CCCC2)NC(=O)[C@@H]2C[C@H](C3CCCCC3)CN2C(=O)[C@H](CCC2CCC(C(F)(F)F)C(Cl)C2)NC(=O)CN(C)C(=O)[C@H](CC2CCCCC2)N(C)C(=O)[C@@H]2CCN2C(=O)[C@H](C)N(C)C1=O. The molecule has 0 radical (unpaired) electrons. The third-order valence-corrected chi connectivity index (χ3v) is 27.6. The number of rotatable bonds is 12. The Kier molecular flexibility index (Phi) is 30.6. The molecule has 109 heavy (non-hydrogen) atoms. The summed E-state index contributed by atoms with van der Waals surface area (Å²) in [5.74, 6) is -10.1. The number of fused-ring (bicyclic) bond motifs is 2. The molecule has 1 spiro atoms. The van der Waals surface area contributed by atoms with Gasteiger partial charge in [-0.05, 0) is 151 Å². The molecule has 3 unspecified atom stereocenters. The van der Waals surface area contributed by atoms with Crippen LogP contribution in [-0.4, -0.2) is 261 Å². The van der Waals surface area contributed by atoms with Gasteiger partial charge >= 0.3 is 6.18 Å². The van der Waals surface area contributed by atoms with Gasteiger partial charge in [-0.1, -0.05) is 130 Å². The molecule has 0 bridgehead atoms. The van der Waals surface area contributed by atoms with E-state index in [0.29, 0.717) is 58.0 Å². The van der Waals surface area contributed by atoms with Gasteiger partial charge in [0.25, 0.3) is 0 Å². The Morgan fingerprint density at radius 3 is 1.74 bits per heavy atom. The summed E-state index contributed by atoms with van der Waals surface area (Å²) < 4.78 is 42.7. The first-order valence-electron chi connectivity index (χ1n) is 41.8. The number of carbonyl (C=O) groups is 12. The van der Waals surface area contributed by atoms with E-state index in [4.69, 9.17) is 11.6 Å². The maximum atomic E-state index is 16.1. The Morgan fingerprint density at radius 1 is 0.560 bits per heavy atom. The molecular formula is C81H130ClF3N12O12. The largest absolute Gasteiger partial charge is 0.393 e. The van der Waals surface area contributed by atoms with Gasteiger partial charge in [0.1, 0.15) is 59.9 Å². The minimum Gasteiger partial charge on any atom is -0.343 e. The Bertz CT molecular complexity index is 3210. The van der Waals surface area contributed by atoms with E-state index in [1.807, 2.05) is 20.8 Å². The molecule has 24 nitrogen and oxygen atoms in total. The number of alkyl halides is 4. The fourth-order valence-corrected chi connectivity index (χ4v) is 20.2. The van der Waals surface area contributed by atoms with Crippen LogP contribution >= 0.6 is 11.6 Å². The second-order valence-corrected chi connectivity index (χ2v) is 35.5. The summed E-state index contributed by atoms with van der Waals surface area (Å²) in [6.45, 7) is 9.48. The number of nitrogens with zero attached hydrogens (tertiary/aromatic N) is 9. The Morgan fingerprint density at radius 2 is 1.17 bits per heavy atom. The first-order valence-corrected chi connectivity index (χ1v) is 42.2. The molecule has 4 saturated heterocycles. The molecule has 0 aromatic rings. The quantitative estimate of drug-likeness (QED) is 0.155. The summed E-state index contributed by atoms with van der Waals surface area (Å²) in [5, 5.41) is 7.95. The van der Waals surface area contributed by atoms with Crippen LogP contribution in [0.2, 0.25) is 0 Å². The van der Waals surface area contributed by atoms with E-state index in [1.165, 1.54) is 74.4 Å². The molecule has 5 saturated carbocycles. The molecule has 12 amide bonds. The average molecular weight is 1560 g/mol. The average Bonchev–Trinajstić information content (AvgIpc) is 1.71. The second kappa shape index (κ2) is 38.5. The molecule has 3 N–H and O–H groups in total. The monoisotopic (exact) mass is 1550 g/mol. The van der Waals surface area contributed by atoms with Crippen molar-refractivity contribution in [1.82, 2.24) is 60.0 Å². The van der Waals surface area contributed by atoms with E-state index >= 15 is 47.9 Å². The summed E-state index contributed by atoms with van der Waals surface area (Å²) in [5.41, 5.74) is -1.56. The number of piperidine rings is 1. The van der Waals surface area contributed by atoms with Gasteiger partial charge in [0.15, 0.2) is 0 Å². The fraction of sp³-hybridized carbons (Fsp3) is 0.852. The molecular weight excluding hydrogens is 1430 g/mol. The number of carbonyl (C=O) groups excluding carboxylic acids is 12. The summed E-state index contributed by atoms with van der Waals surface area (Å²) in [6, 6.07) is -10.7. The number of amides is 12. The summed E-state index contributed by atoms with van der Waals surface area (Å²) in [7, 11) is 8.95. The molecule has 9 aliphatic rings. The number of halogens is 4. The van der Waals surface area contributed by atoms with Crippen molar-refractivity contribution >= 4 is 82.5 Å². The Labute approximate surface area is 650 Å². The second-order valence-electron chi connectivity index (χ2n) is 34.9. The topological polar surface area (TPSA) is 270 Å². The van der Waals surface area contributed by atoms with Crippen LogP contribution in [0, 0.1) is 47.3 Å². The van der Waals surface area contributed by atoms with Crippen molar-refractivity contribution < 1.29 is 70.7 Å². The number of hydrogen-bond acceptors (Lipinski definition) is 12. The molecule has 0 aromatic heterocycles. The van der Waals surface area contributed by atoms with E-state index in [9.17, 15) is 22.8 Å². The summed E-state index contributed by atoms with van der Waals surface area (Å²) >= 11 is 6.52. The van der Waals surface area contributed by atoms with Gasteiger partial charge < -0.3 is 60.0 Å². The molecule has 14 atom stereocenters. The van der Waals surface area contributed by atoms with Crippen molar-refractivity contribution in [2.45, 2.75) is 318 Å². The highest BCUT2D eigenvalue weighted by atomic mass is 35.5. The van der Waals surface area contributed by atoms with E-state index in [-0.39, 0.29) is 113 Å². The first-order chi connectivity index (χ1) is 51.7. The minimum atomic E-state index is -4.51. The van der Waals surface area contributed by atoms with Crippen LogP contribution < -0.4 is 16.0 Å². The Balaban J connectivity index is 1.11. The number of nitrogens with one attached hydrogen (secondary N) is 3. The van der Waals surface area contributed by atoms with E-state index in [1.54, 1.807) is 25.8 Å². The van der Waals surface area contributed by atoms with Crippen LogP contribution in [0.1, 0.15) is 247 Å². The van der Waals surface area contributed by atoms with Gasteiger partial charge in [0.05, 0.1) is 18.9 Å². The van der Waals surface area contributed by atoms with Gasteiger partial charge in [-0.15, -0.1) is 11.6 Å². The van der Waals surface area contributed by atoms with Gasteiger partial charge in [0.2, 0.25) is 70.9 Å². The number of hydrogen-bond donors (Lipinski definition) is 3. The molecule has 4 heterocycles. The molecule has 28 heteroatoms. The molecule has 4 aliphatic heterocycles. The maximum absolute atomic E-state index is 16.1. The van der Waals surface area contributed by atoms with Crippen molar-refractivity contribution in [3.63, 3.8) is 0 Å². The third-order valence-electron chi connectivity index (χ3n) is 27.1. The lowest BCUT2D eigenvalue weighted by atomic mass is 9.78. The smallest absolute Gasteiger partial charge is 0.343 e. The van der Waals surface area contributed by atoms with Crippen LogP contribution in [0.4, 0.5) is 13.2 Å². The van der Waals surface area contributed by atoms with Crippen LogP contribution in [0.15, 0.2) is 0 Å². The van der Waals surface area contributed by atoms with E-state index in [2.05, 4.69) is 16.0 Å². The van der Waals surface area contributed by atoms with Crippen LogP contribution in [0.25, 0.3) is 0 Å². The molecule has 9 rings (SSSR count). The normalized spacial score (nSPS) is 32.1. The zero-order chi connectivity index (χ0) is 79.5. The molecule has 5 aliphatic carbocycles. The van der Waals surface area contributed by atoms with Crippen LogP contribution in [0.5, 0.6) is 0 Å². The lowest BCUT2D eigenvalue weighted by Crippen LogP contribution is -2.65. The molecule has 0 aromatic carbocycles. The molecule has 9 fully saturated rings. The Hall–Kier alpha value is -6.28. The van der Waals surface area contributed by atoms with E-state index in [0.717, 1.165) is 89.9 Å². The van der Waals surface area contributed by atoms with Crippen LogP contribution in [0.3, 0.4) is 0 Å².